The predicted molar refractivity (Wildman–Crippen MR) is 81.9 cm³/mol. The zero-order valence-corrected chi connectivity index (χ0v) is 12.9. The number of pyridine rings is 2. The molecule has 2 aromatic heterocycles. The lowest BCUT2D eigenvalue weighted by atomic mass is 9.96. The molecule has 112 valence electrons. The molecule has 0 bridgehead atoms. The molecule has 0 unspecified atom stereocenters. The number of halogens is 1. The van der Waals surface area contributed by atoms with Crippen molar-refractivity contribution in [3.05, 3.63) is 52.9 Å². The summed E-state index contributed by atoms with van der Waals surface area (Å²) in [6.45, 7) is 3.70. The van der Waals surface area contributed by atoms with E-state index in [4.69, 9.17) is 16.3 Å². The van der Waals surface area contributed by atoms with Crippen molar-refractivity contribution in [3.8, 4) is 11.9 Å². The third kappa shape index (κ3) is 3.60. The molecule has 0 saturated carbocycles. The molecule has 0 aliphatic rings. The molecular formula is C16H14ClN3O2. The Balaban J connectivity index is 2.29. The number of nitrogens with zero attached hydrogens (tertiary/aromatic N) is 3. The third-order valence-corrected chi connectivity index (χ3v) is 3.08. The highest BCUT2D eigenvalue weighted by Gasteiger charge is 2.24. The number of ketones is 1. The molecule has 0 aliphatic carbocycles. The summed E-state index contributed by atoms with van der Waals surface area (Å²) in [4.78, 5) is 20.6. The van der Waals surface area contributed by atoms with Gasteiger partial charge in [0.05, 0.1) is 17.9 Å². The Morgan fingerprint density at radius 2 is 2.14 bits per heavy atom. The lowest BCUT2D eigenvalue weighted by Gasteiger charge is -2.12. The van der Waals surface area contributed by atoms with Crippen LogP contribution in [0.15, 0.2) is 36.7 Å². The first-order valence-electron chi connectivity index (χ1n) is 6.70. The van der Waals surface area contributed by atoms with Crippen LogP contribution in [-0.2, 0) is 0 Å². The van der Waals surface area contributed by atoms with Crippen LogP contribution < -0.4 is 4.74 Å². The Morgan fingerprint density at radius 3 is 2.68 bits per heavy atom. The maximum absolute atomic E-state index is 12.5. The van der Waals surface area contributed by atoms with Crippen molar-refractivity contribution in [1.82, 2.24) is 9.97 Å². The molecule has 0 aromatic carbocycles. The number of hydrogen-bond acceptors (Lipinski definition) is 5. The maximum atomic E-state index is 12.5. The number of rotatable bonds is 5. The molecule has 0 saturated heterocycles. The lowest BCUT2D eigenvalue weighted by molar-refractivity contribution is 0.0977. The van der Waals surface area contributed by atoms with Gasteiger partial charge in [-0.05, 0) is 32.0 Å². The minimum absolute atomic E-state index is 0.0769. The fourth-order valence-electron chi connectivity index (χ4n) is 1.84. The lowest BCUT2D eigenvalue weighted by Crippen LogP contribution is -2.14. The molecule has 0 N–H and O–H groups in total. The zero-order valence-electron chi connectivity index (χ0n) is 12.2. The van der Waals surface area contributed by atoms with Crippen molar-refractivity contribution in [2.45, 2.75) is 25.9 Å². The second-order valence-electron chi connectivity index (χ2n) is 4.86. The SMILES string of the molecule is CC(C)Oc1ncc(C(=O)[C@@H](C#N)c2ccccn2)cc1Cl. The summed E-state index contributed by atoms with van der Waals surface area (Å²) in [6.07, 6.45) is 2.82. The van der Waals surface area contributed by atoms with Gasteiger partial charge in [-0.1, -0.05) is 17.7 Å². The Hall–Kier alpha value is -2.45. The molecule has 5 nitrogen and oxygen atoms in total. The molecule has 0 radical (unpaired) electrons. The normalized spacial score (nSPS) is 11.8. The standard InChI is InChI=1S/C16H14ClN3O2/c1-10(2)22-16-13(17)7-11(9-20-16)15(21)12(8-18)14-5-3-4-6-19-14/h3-7,9-10,12H,1-2H3/t12-/m0/s1. The van der Waals surface area contributed by atoms with Crippen LogP contribution in [0.2, 0.25) is 5.02 Å². The largest absolute Gasteiger partial charge is 0.474 e. The molecule has 2 heterocycles. The van der Waals surface area contributed by atoms with Crippen LogP contribution in [0.1, 0.15) is 35.8 Å². The molecule has 22 heavy (non-hydrogen) atoms. The monoisotopic (exact) mass is 315 g/mol. The Labute approximate surface area is 133 Å². The van der Waals surface area contributed by atoms with Crippen molar-refractivity contribution in [2.75, 3.05) is 0 Å². The van der Waals surface area contributed by atoms with Crippen molar-refractivity contribution in [1.29, 1.82) is 5.26 Å². The van der Waals surface area contributed by atoms with Gasteiger partial charge in [0.25, 0.3) is 0 Å². The summed E-state index contributed by atoms with van der Waals surface area (Å²) >= 11 is 6.07. The molecule has 0 amide bonds. The molecule has 6 heteroatoms. The van der Waals surface area contributed by atoms with Gasteiger partial charge < -0.3 is 4.74 Å². The quantitative estimate of drug-likeness (QED) is 0.790. The Bertz CT molecular complexity index is 711. The van der Waals surface area contributed by atoms with Crippen molar-refractivity contribution >= 4 is 17.4 Å². The second kappa shape index (κ2) is 7.01. The van der Waals surface area contributed by atoms with Crippen LogP contribution >= 0.6 is 11.6 Å². The summed E-state index contributed by atoms with van der Waals surface area (Å²) in [5.74, 6) is -1.12. The van der Waals surface area contributed by atoms with Gasteiger partial charge in [0.1, 0.15) is 5.02 Å². The number of nitriles is 1. The van der Waals surface area contributed by atoms with Gasteiger partial charge in [-0.3, -0.25) is 9.78 Å². The summed E-state index contributed by atoms with van der Waals surface area (Å²) in [5.41, 5.74) is 0.645. The van der Waals surface area contributed by atoms with Crippen LogP contribution in [0.3, 0.4) is 0 Å². The van der Waals surface area contributed by atoms with E-state index in [0.717, 1.165) is 0 Å². The summed E-state index contributed by atoms with van der Waals surface area (Å²) in [5, 5.41) is 9.50. The van der Waals surface area contributed by atoms with E-state index in [0.29, 0.717) is 5.69 Å². The highest BCUT2D eigenvalue weighted by atomic mass is 35.5. The molecule has 0 aliphatic heterocycles. The highest BCUT2D eigenvalue weighted by Crippen LogP contribution is 2.26. The minimum atomic E-state index is -0.990. The fourth-order valence-corrected chi connectivity index (χ4v) is 2.05. The van der Waals surface area contributed by atoms with Gasteiger partial charge in [0.15, 0.2) is 11.7 Å². The van der Waals surface area contributed by atoms with Gasteiger partial charge in [0.2, 0.25) is 5.88 Å². The number of hydrogen-bond donors (Lipinski definition) is 0. The fraction of sp³-hybridized carbons (Fsp3) is 0.250. The molecular weight excluding hydrogens is 302 g/mol. The number of Topliss-reactive ketones (excluding diaryl/α,β-unsaturated/α-hetero) is 1. The Morgan fingerprint density at radius 1 is 1.36 bits per heavy atom. The Kier molecular flexibility index (Phi) is 5.08. The highest BCUT2D eigenvalue weighted by molar-refractivity contribution is 6.32. The summed E-state index contributed by atoms with van der Waals surface area (Å²) < 4.78 is 5.42. The minimum Gasteiger partial charge on any atom is -0.474 e. The van der Waals surface area contributed by atoms with Crippen LogP contribution in [-0.4, -0.2) is 21.9 Å². The number of aromatic nitrogens is 2. The van der Waals surface area contributed by atoms with Crippen LogP contribution in [0, 0.1) is 11.3 Å². The van der Waals surface area contributed by atoms with Gasteiger partial charge in [-0.25, -0.2) is 4.98 Å². The molecule has 1 atom stereocenters. The van der Waals surface area contributed by atoms with Crippen molar-refractivity contribution in [3.63, 3.8) is 0 Å². The van der Waals surface area contributed by atoms with E-state index in [1.807, 2.05) is 19.9 Å². The van der Waals surface area contributed by atoms with E-state index < -0.39 is 11.7 Å². The van der Waals surface area contributed by atoms with Gasteiger partial charge in [-0.2, -0.15) is 5.26 Å². The van der Waals surface area contributed by atoms with E-state index in [2.05, 4.69) is 9.97 Å². The molecule has 0 fully saturated rings. The van der Waals surface area contributed by atoms with Crippen LogP contribution in [0.4, 0.5) is 0 Å². The zero-order chi connectivity index (χ0) is 16.1. The summed E-state index contributed by atoms with van der Waals surface area (Å²) in [7, 11) is 0. The number of ether oxygens (including phenoxy) is 1. The van der Waals surface area contributed by atoms with Gasteiger partial charge in [0, 0.05) is 18.0 Å². The van der Waals surface area contributed by atoms with Gasteiger partial charge >= 0.3 is 0 Å². The first-order chi connectivity index (χ1) is 10.5. The van der Waals surface area contributed by atoms with Gasteiger partial charge in [-0.15, -0.1) is 0 Å². The number of carbonyl (C=O) groups is 1. The maximum Gasteiger partial charge on any atom is 0.232 e. The van der Waals surface area contributed by atoms with E-state index >= 15 is 0 Å². The smallest absolute Gasteiger partial charge is 0.232 e. The van der Waals surface area contributed by atoms with E-state index in [9.17, 15) is 10.1 Å². The van der Waals surface area contributed by atoms with E-state index in [1.54, 1.807) is 18.2 Å². The average molecular weight is 316 g/mol. The number of carbonyl (C=O) groups excluding carboxylic acids is 1. The predicted octanol–water partition coefficient (Wildman–Crippen LogP) is 3.41. The van der Waals surface area contributed by atoms with Crippen LogP contribution in [0.25, 0.3) is 0 Å². The first kappa shape index (κ1) is 15.9. The van der Waals surface area contributed by atoms with Crippen LogP contribution in [0.5, 0.6) is 5.88 Å². The summed E-state index contributed by atoms with van der Waals surface area (Å²) in [6, 6.07) is 8.51. The van der Waals surface area contributed by atoms with E-state index in [-0.39, 0.29) is 22.6 Å². The molecule has 2 rings (SSSR count). The third-order valence-electron chi connectivity index (χ3n) is 2.81. The topological polar surface area (TPSA) is 75.9 Å². The van der Waals surface area contributed by atoms with E-state index in [1.165, 1.54) is 18.5 Å². The second-order valence-corrected chi connectivity index (χ2v) is 5.27. The molecule has 0 spiro atoms. The molecule has 2 aromatic rings. The van der Waals surface area contributed by atoms with Crippen molar-refractivity contribution in [2.24, 2.45) is 0 Å². The first-order valence-corrected chi connectivity index (χ1v) is 7.07. The van der Waals surface area contributed by atoms with Crippen molar-refractivity contribution < 1.29 is 9.53 Å². The average Bonchev–Trinajstić information content (AvgIpc) is 2.50.